The predicted molar refractivity (Wildman–Crippen MR) is 176 cm³/mol. The van der Waals surface area contributed by atoms with Gasteiger partial charge in [-0.05, 0) is 87.1 Å². The molecule has 4 unspecified atom stereocenters. The van der Waals surface area contributed by atoms with Crippen molar-refractivity contribution >= 4 is 46.5 Å². The number of nitrogens with zero attached hydrogens (tertiary/aromatic N) is 2. The van der Waals surface area contributed by atoms with Crippen molar-refractivity contribution in [3.05, 3.63) is 68.1 Å². The average Bonchev–Trinajstić information content (AvgIpc) is 3.80. The molecule has 2 aliphatic carbocycles. The van der Waals surface area contributed by atoms with Crippen LogP contribution < -0.4 is 19.2 Å². The Bertz CT molecular complexity index is 1760. The number of hydrogen-bond acceptors (Lipinski definition) is 8. The fourth-order valence-corrected chi connectivity index (χ4v) is 11.7. The van der Waals surface area contributed by atoms with Crippen molar-refractivity contribution in [3.63, 3.8) is 0 Å². The third kappa shape index (κ3) is 4.72. The first-order valence-electron chi connectivity index (χ1n) is 16.4. The Kier molecular flexibility index (Phi) is 7.51. The van der Waals surface area contributed by atoms with E-state index < -0.39 is 0 Å². The summed E-state index contributed by atoms with van der Waals surface area (Å²) in [5.41, 5.74) is 2.70. The number of ether oxygens (including phenoxy) is 2. The summed E-state index contributed by atoms with van der Waals surface area (Å²) in [7, 11) is 0. The van der Waals surface area contributed by atoms with Crippen molar-refractivity contribution in [1.82, 2.24) is 9.88 Å². The highest BCUT2D eigenvalue weighted by Crippen LogP contribution is 2.68. The molecule has 3 aliphatic heterocycles. The number of aryl methyl sites for hydroxylation is 1. The number of carbonyl (C=O) groups excluding carboxylic acids is 3. The molecule has 9 nitrogen and oxygen atoms in total. The second-order valence-corrected chi connectivity index (χ2v) is 15.4. The molecule has 4 heterocycles. The van der Waals surface area contributed by atoms with Crippen LogP contribution in [0.15, 0.2) is 52.3 Å². The van der Waals surface area contributed by atoms with Crippen LogP contribution in [0.4, 0.5) is 5.69 Å². The molecular formula is C35H37N3O6S2. The van der Waals surface area contributed by atoms with E-state index in [0.29, 0.717) is 23.8 Å². The number of thioether (sulfide) groups is 1. The topological polar surface area (TPSA) is 109 Å². The molecule has 2 saturated heterocycles. The number of piperidine rings is 1. The van der Waals surface area contributed by atoms with E-state index in [-0.39, 0.29) is 70.0 Å². The molecule has 46 heavy (non-hydrogen) atoms. The summed E-state index contributed by atoms with van der Waals surface area (Å²) >= 11 is 2.91. The lowest BCUT2D eigenvalue weighted by Gasteiger charge is -2.43. The molecule has 8 rings (SSSR count). The predicted octanol–water partition coefficient (Wildman–Crippen LogP) is 5.21. The van der Waals surface area contributed by atoms with Gasteiger partial charge in [-0.2, -0.15) is 0 Å². The Hall–Kier alpha value is -3.57. The summed E-state index contributed by atoms with van der Waals surface area (Å²) in [4.78, 5) is 60.7. The highest BCUT2D eigenvalue weighted by molar-refractivity contribution is 8.00. The maximum absolute atomic E-state index is 14.0. The van der Waals surface area contributed by atoms with Crippen LogP contribution in [0.2, 0.25) is 0 Å². The summed E-state index contributed by atoms with van der Waals surface area (Å²) < 4.78 is 12.1. The molecule has 3 amide bonds. The molecule has 2 saturated carbocycles. The monoisotopic (exact) mass is 659 g/mol. The molecule has 5 aliphatic rings. The third-order valence-corrected chi connectivity index (χ3v) is 13.3. The number of benzene rings is 2. The molecule has 240 valence electrons. The molecule has 4 fully saturated rings. The van der Waals surface area contributed by atoms with Gasteiger partial charge in [0.1, 0.15) is 0 Å². The molecular weight excluding hydrogens is 623 g/mol. The molecule has 1 aromatic heterocycles. The normalized spacial score (nSPS) is 29.5. The minimum absolute atomic E-state index is 0.0170. The lowest BCUT2D eigenvalue weighted by molar-refractivity contribution is -0.134. The summed E-state index contributed by atoms with van der Waals surface area (Å²) in [6.45, 7) is 5.82. The summed E-state index contributed by atoms with van der Waals surface area (Å²) in [6, 6.07) is 13.5. The Morgan fingerprint density at radius 2 is 1.67 bits per heavy atom. The Labute approximate surface area is 275 Å². The van der Waals surface area contributed by atoms with Crippen molar-refractivity contribution in [2.45, 2.75) is 55.7 Å². The van der Waals surface area contributed by atoms with Crippen LogP contribution in [0.1, 0.15) is 54.5 Å². The summed E-state index contributed by atoms with van der Waals surface area (Å²) in [5.74, 6) is 0.156. The number of carbonyl (C=O) groups is 3. The second-order valence-electron chi connectivity index (χ2n) is 13.2. The number of nitrogens with one attached hydrogen (secondary N) is 1. The van der Waals surface area contributed by atoms with Gasteiger partial charge < -0.3 is 19.4 Å². The molecule has 11 heteroatoms. The van der Waals surface area contributed by atoms with Gasteiger partial charge in [0.15, 0.2) is 18.1 Å². The van der Waals surface area contributed by atoms with E-state index in [1.54, 1.807) is 11.8 Å². The lowest BCUT2D eigenvalue weighted by Crippen LogP contribution is -2.42. The van der Waals surface area contributed by atoms with E-state index in [0.717, 1.165) is 59.8 Å². The van der Waals surface area contributed by atoms with Crippen molar-refractivity contribution in [2.75, 3.05) is 31.2 Å². The van der Waals surface area contributed by atoms with Gasteiger partial charge in [0.25, 0.3) is 5.91 Å². The average molecular weight is 660 g/mol. The number of fused-ring (bicyclic) bond motifs is 9. The third-order valence-electron chi connectivity index (χ3n) is 10.7. The van der Waals surface area contributed by atoms with Gasteiger partial charge in [-0.15, -0.1) is 11.8 Å². The van der Waals surface area contributed by atoms with Crippen LogP contribution >= 0.6 is 23.1 Å². The summed E-state index contributed by atoms with van der Waals surface area (Å²) in [6.07, 6.45) is 4.02. The molecule has 0 radical (unpaired) electrons. The Morgan fingerprint density at radius 3 is 2.41 bits per heavy atom. The van der Waals surface area contributed by atoms with Crippen LogP contribution in [0.3, 0.4) is 0 Å². The summed E-state index contributed by atoms with van der Waals surface area (Å²) in [5, 5.41) is 0.959. The molecule has 3 aromatic rings. The van der Waals surface area contributed by atoms with E-state index in [1.807, 2.05) is 61.2 Å². The number of thiazole rings is 1. The van der Waals surface area contributed by atoms with E-state index in [1.165, 1.54) is 16.2 Å². The zero-order valence-electron chi connectivity index (χ0n) is 25.9. The molecule has 1 N–H and O–H groups in total. The number of hydrogen-bond donors (Lipinski definition) is 1. The quantitative estimate of drug-likeness (QED) is 0.347. The zero-order chi connectivity index (χ0) is 31.7. The van der Waals surface area contributed by atoms with Crippen molar-refractivity contribution in [2.24, 2.45) is 29.6 Å². The fourth-order valence-electron chi connectivity index (χ4n) is 8.82. The van der Waals surface area contributed by atoms with E-state index in [2.05, 4.69) is 4.98 Å². The van der Waals surface area contributed by atoms with Crippen LogP contribution in [0.25, 0.3) is 0 Å². The smallest absolute Gasteiger partial charge is 0.305 e. The number of likely N-dealkylation sites (tertiary alicyclic amines) is 1. The van der Waals surface area contributed by atoms with Crippen LogP contribution in [0, 0.1) is 36.5 Å². The fraction of sp³-hybridized carbons (Fsp3) is 0.486. The van der Waals surface area contributed by atoms with Gasteiger partial charge in [-0.1, -0.05) is 35.1 Å². The maximum Gasteiger partial charge on any atom is 0.305 e. The zero-order valence-corrected chi connectivity index (χ0v) is 27.5. The van der Waals surface area contributed by atoms with Crippen LogP contribution in [-0.4, -0.2) is 59.2 Å². The molecule has 2 aromatic carbocycles. The van der Waals surface area contributed by atoms with Gasteiger partial charge >= 0.3 is 4.87 Å². The Morgan fingerprint density at radius 1 is 0.935 bits per heavy atom. The lowest BCUT2D eigenvalue weighted by atomic mass is 9.68. The van der Waals surface area contributed by atoms with Crippen molar-refractivity contribution in [3.8, 4) is 11.5 Å². The number of anilines is 1. The molecule has 7 atom stereocenters. The number of H-pyrrole nitrogens is 1. The van der Waals surface area contributed by atoms with Gasteiger partial charge in [0, 0.05) is 29.1 Å². The first-order chi connectivity index (χ1) is 22.3. The molecule has 2 bridgehead atoms. The SMILES string of the molecule is CCOc1cc([C@H]2c3sc(=O)[nH]c3SC3C2[C@H]2C[C@@H]3C3C(=O)N(c4ccc(C)cc4)C(=O)C32)ccc1OCC(=O)N1CCCCC1. The number of rotatable bonds is 7. The number of imide groups is 1. The highest BCUT2D eigenvalue weighted by Gasteiger charge is 2.69. The van der Waals surface area contributed by atoms with Gasteiger partial charge in [0.2, 0.25) is 11.8 Å². The second kappa shape index (κ2) is 11.6. The number of aromatic amines is 1. The molecule has 0 spiro atoms. The van der Waals surface area contributed by atoms with Gasteiger partial charge in [0.05, 0.1) is 29.2 Å². The van der Waals surface area contributed by atoms with Crippen LogP contribution in [0.5, 0.6) is 11.5 Å². The van der Waals surface area contributed by atoms with E-state index >= 15 is 0 Å². The van der Waals surface area contributed by atoms with Crippen LogP contribution in [-0.2, 0) is 14.4 Å². The minimum Gasteiger partial charge on any atom is -0.490 e. The van der Waals surface area contributed by atoms with Crippen molar-refractivity contribution in [1.29, 1.82) is 0 Å². The largest absolute Gasteiger partial charge is 0.490 e. The maximum atomic E-state index is 14.0. The number of amides is 3. The Balaban J connectivity index is 1.12. The van der Waals surface area contributed by atoms with E-state index in [9.17, 15) is 19.2 Å². The van der Waals surface area contributed by atoms with Gasteiger partial charge in [-0.25, -0.2) is 0 Å². The van der Waals surface area contributed by atoms with Crippen molar-refractivity contribution < 1.29 is 23.9 Å². The highest BCUT2D eigenvalue weighted by atomic mass is 32.2. The first-order valence-corrected chi connectivity index (χ1v) is 18.0. The number of aromatic nitrogens is 1. The minimum atomic E-state index is -0.366. The van der Waals surface area contributed by atoms with Gasteiger partial charge in [-0.3, -0.25) is 24.1 Å². The standard InChI is InChI=1S/C35H37N3O6S2/c1-3-43-24-15-19(9-12-23(24)44-17-25(39)37-13-5-4-6-14-37)26-27-21-16-22(30(27)45-32-31(26)46-35(42)36-32)29-28(21)33(40)38(34(29)41)20-10-7-18(2)8-11-20/h7-12,15,21-22,26-30H,3-6,13-14,16-17H2,1-2H3,(H,36,42)/t21-,22-,26-,27?,28?,29?,30?/m1/s1. The first kappa shape index (κ1) is 29.8. The van der Waals surface area contributed by atoms with E-state index in [4.69, 9.17) is 9.47 Å².